The quantitative estimate of drug-likeness (QED) is 0.647. The monoisotopic (exact) mass is 287 g/mol. The maximum Gasteiger partial charge on any atom is 0.311 e. The molecule has 1 N–H and O–H groups in total. The lowest BCUT2D eigenvalue weighted by atomic mass is 10.2. The van der Waals surface area contributed by atoms with E-state index in [-0.39, 0.29) is 5.69 Å². The van der Waals surface area contributed by atoms with Crippen LogP contribution >= 0.6 is 0 Å². The standard InChI is InChI=1S/C14H17N5O2/c1-15-13-7-6-12(19(20)21)14(17-13)18(2)10-8-11-5-3-4-9-16-11/h3-7,9H,8,10H2,1-2H3,(H,15,17). The van der Waals surface area contributed by atoms with Crippen molar-refractivity contribution in [2.75, 3.05) is 30.9 Å². The number of nitrogens with one attached hydrogen (secondary N) is 1. The molecule has 0 unspecified atom stereocenters. The number of nitro groups is 1. The van der Waals surface area contributed by atoms with Gasteiger partial charge in [-0.1, -0.05) is 6.07 Å². The van der Waals surface area contributed by atoms with Gasteiger partial charge in [0.05, 0.1) is 4.92 Å². The Hall–Kier alpha value is -2.70. The maximum absolute atomic E-state index is 11.1. The van der Waals surface area contributed by atoms with Crippen LogP contribution in [0.15, 0.2) is 36.5 Å². The van der Waals surface area contributed by atoms with Gasteiger partial charge in [0.15, 0.2) is 0 Å². The molecule has 110 valence electrons. The van der Waals surface area contributed by atoms with Crippen LogP contribution in [0, 0.1) is 10.1 Å². The van der Waals surface area contributed by atoms with Crippen molar-refractivity contribution in [1.29, 1.82) is 0 Å². The Kier molecular flexibility index (Phi) is 4.65. The highest BCUT2D eigenvalue weighted by atomic mass is 16.6. The van der Waals surface area contributed by atoms with Gasteiger partial charge in [0, 0.05) is 45.0 Å². The minimum atomic E-state index is -0.418. The summed E-state index contributed by atoms with van der Waals surface area (Å²) in [6, 6.07) is 8.76. The molecule has 2 heterocycles. The zero-order valence-corrected chi connectivity index (χ0v) is 12.0. The van der Waals surface area contributed by atoms with Gasteiger partial charge in [-0.3, -0.25) is 15.1 Å². The van der Waals surface area contributed by atoms with Gasteiger partial charge < -0.3 is 10.2 Å². The lowest BCUT2D eigenvalue weighted by Gasteiger charge is -2.18. The second-order valence-corrected chi connectivity index (χ2v) is 4.54. The van der Waals surface area contributed by atoms with E-state index in [2.05, 4.69) is 15.3 Å². The van der Waals surface area contributed by atoms with Crippen molar-refractivity contribution < 1.29 is 4.92 Å². The summed E-state index contributed by atoms with van der Waals surface area (Å²) in [5.41, 5.74) is 0.939. The molecule has 0 aromatic carbocycles. The zero-order valence-electron chi connectivity index (χ0n) is 12.0. The number of aromatic nitrogens is 2. The third-order valence-corrected chi connectivity index (χ3v) is 3.10. The first kappa shape index (κ1) is 14.7. The van der Waals surface area contributed by atoms with Crippen LogP contribution in [-0.4, -0.2) is 35.5 Å². The van der Waals surface area contributed by atoms with Crippen LogP contribution in [0.2, 0.25) is 0 Å². The zero-order chi connectivity index (χ0) is 15.2. The van der Waals surface area contributed by atoms with E-state index >= 15 is 0 Å². The van der Waals surface area contributed by atoms with Gasteiger partial charge in [-0.2, -0.15) is 0 Å². The van der Waals surface area contributed by atoms with Crippen molar-refractivity contribution in [3.8, 4) is 0 Å². The predicted molar refractivity (Wildman–Crippen MR) is 81.6 cm³/mol. The Balaban J connectivity index is 2.17. The highest BCUT2D eigenvalue weighted by Crippen LogP contribution is 2.26. The van der Waals surface area contributed by atoms with Gasteiger partial charge in [-0.25, -0.2) is 4.98 Å². The van der Waals surface area contributed by atoms with Gasteiger partial charge in [-0.05, 0) is 18.2 Å². The fraction of sp³-hybridized carbons (Fsp3) is 0.286. The number of nitrogens with zero attached hydrogens (tertiary/aromatic N) is 4. The smallest absolute Gasteiger partial charge is 0.311 e. The van der Waals surface area contributed by atoms with Crippen LogP contribution in [0.4, 0.5) is 17.3 Å². The first-order valence-corrected chi connectivity index (χ1v) is 6.56. The van der Waals surface area contributed by atoms with E-state index in [1.807, 2.05) is 18.2 Å². The average molecular weight is 287 g/mol. The van der Waals surface area contributed by atoms with Gasteiger partial charge in [-0.15, -0.1) is 0 Å². The van der Waals surface area contributed by atoms with Crippen molar-refractivity contribution in [3.05, 3.63) is 52.3 Å². The maximum atomic E-state index is 11.1. The number of hydrogen-bond acceptors (Lipinski definition) is 6. The van der Waals surface area contributed by atoms with E-state index in [1.54, 1.807) is 31.3 Å². The molecule has 0 radical (unpaired) electrons. The van der Waals surface area contributed by atoms with Crippen LogP contribution in [0.3, 0.4) is 0 Å². The fourth-order valence-corrected chi connectivity index (χ4v) is 1.94. The molecular formula is C14H17N5O2. The normalized spacial score (nSPS) is 10.2. The second kappa shape index (κ2) is 6.65. The van der Waals surface area contributed by atoms with Crippen LogP contribution in [0.5, 0.6) is 0 Å². The summed E-state index contributed by atoms with van der Waals surface area (Å²) >= 11 is 0. The molecule has 0 aliphatic carbocycles. The molecule has 0 aliphatic heterocycles. The SMILES string of the molecule is CNc1ccc([N+](=O)[O-])c(N(C)CCc2ccccn2)n1. The minimum Gasteiger partial charge on any atom is -0.373 e. The Bertz CT molecular complexity index is 618. The van der Waals surface area contributed by atoms with Crippen molar-refractivity contribution in [3.63, 3.8) is 0 Å². The molecule has 7 heteroatoms. The van der Waals surface area contributed by atoms with Crippen LogP contribution in [0.1, 0.15) is 5.69 Å². The van der Waals surface area contributed by atoms with Crippen LogP contribution < -0.4 is 10.2 Å². The lowest BCUT2D eigenvalue weighted by Crippen LogP contribution is -2.23. The van der Waals surface area contributed by atoms with E-state index in [0.29, 0.717) is 24.6 Å². The van der Waals surface area contributed by atoms with Gasteiger partial charge in [0.2, 0.25) is 5.82 Å². The Morgan fingerprint density at radius 1 is 1.33 bits per heavy atom. The first-order valence-electron chi connectivity index (χ1n) is 6.56. The Labute approximate surface area is 122 Å². The summed E-state index contributed by atoms with van der Waals surface area (Å²) in [4.78, 5) is 21.0. The van der Waals surface area contributed by atoms with E-state index in [9.17, 15) is 10.1 Å². The van der Waals surface area contributed by atoms with Crippen molar-refractivity contribution in [2.24, 2.45) is 0 Å². The van der Waals surface area contributed by atoms with Crippen LogP contribution in [0.25, 0.3) is 0 Å². The van der Waals surface area contributed by atoms with Crippen molar-refractivity contribution in [1.82, 2.24) is 9.97 Å². The molecule has 2 rings (SSSR count). The number of rotatable bonds is 6. The Morgan fingerprint density at radius 2 is 2.14 bits per heavy atom. The summed E-state index contributed by atoms with van der Waals surface area (Å²) in [7, 11) is 3.52. The highest BCUT2D eigenvalue weighted by molar-refractivity contribution is 5.61. The number of likely N-dealkylation sites (N-methyl/N-ethyl adjacent to an activating group) is 1. The topological polar surface area (TPSA) is 84.2 Å². The van der Waals surface area contributed by atoms with Gasteiger partial charge >= 0.3 is 5.69 Å². The Morgan fingerprint density at radius 3 is 2.76 bits per heavy atom. The number of anilines is 2. The molecular weight excluding hydrogens is 270 g/mol. The molecule has 0 spiro atoms. The number of pyridine rings is 2. The van der Waals surface area contributed by atoms with Gasteiger partial charge in [0.25, 0.3) is 0 Å². The fourth-order valence-electron chi connectivity index (χ4n) is 1.94. The molecule has 0 atom stereocenters. The largest absolute Gasteiger partial charge is 0.373 e. The third-order valence-electron chi connectivity index (χ3n) is 3.10. The van der Waals surface area contributed by atoms with Crippen LogP contribution in [-0.2, 0) is 6.42 Å². The van der Waals surface area contributed by atoms with Crippen molar-refractivity contribution in [2.45, 2.75) is 6.42 Å². The summed E-state index contributed by atoms with van der Waals surface area (Å²) in [5, 5.41) is 14.0. The molecule has 0 amide bonds. The molecule has 0 aliphatic rings. The van der Waals surface area contributed by atoms with E-state index < -0.39 is 4.92 Å². The second-order valence-electron chi connectivity index (χ2n) is 4.54. The molecule has 0 bridgehead atoms. The summed E-state index contributed by atoms with van der Waals surface area (Å²) < 4.78 is 0. The molecule has 0 saturated carbocycles. The van der Waals surface area contributed by atoms with E-state index in [4.69, 9.17) is 0 Å². The summed E-state index contributed by atoms with van der Waals surface area (Å²) in [6.07, 6.45) is 2.43. The summed E-state index contributed by atoms with van der Waals surface area (Å²) in [6.45, 7) is 0.595. The molecule has 0 fully saturated rings. The van der Waals surface area contributed by atoms with E-state index in [1.165, 1.54) is 6.07 Å². The van der Waals surface area contributed by atoms with Crippen molar-refractivity contribution >= 4 is 17.3 Å². The third kappa shape index (κ3) is 3.65. The first-order chi connectivity index (χ1) is 10.1. The molecule has 2 aromatic rings. The molecule has 21 heavy (non-hydrogen) atoms. The highest BCUT2D eigenvalue weighted by Gasteiger charge is 2.19. The average Bonchev–Trinajstić information content (AvgIpc) is 2.52. The molecule has 2 aromatic heterocycles. The van der Waals surface area contributed by atoms with Gasteiger partial charge in [0.1, 0.15) is 5.82 Å². The lowest BCUT2D eigenvalue weighted by molar-refractivity contribution is -0.384. The predicted octanol–water partition coefficient (Wildman–Crippen LogP) is 2.11. The summed E-state index contributed by atoms with van der Waals surface area (Å²) in [5.74, 6) is 0.947. The minimum absolute atomic E-state index is 0.00230. The molecule has 7 nitrogen and oxygen atoms in total. The van der Waals surface area contributed by atoms with E-state index in [0.717, 1.165) is 5.69 Å². The molecule has 0 saturated heterocycles. The number of hydrogen-bond donors (Lipinski definition) is 1.